The minimum absolute atomic E-state index is 0.142. The van der Waals surface area contributed by atoms with Crippen molar-refractivity contribution in [2.24, 2.45) is 5.92 Å². The Balaban J connectivity index is 1.92. The number of aromatic nitrogens is 2. The molecule has 2 heterocycles. The van der Waals surface area contributed by atoms with E-state index in [4.69, 9.17) is 11.6 Å². The molecule has 2 rings (SSSR count). The number of nitrogens with one attached hydrogen (secondary N) is 1. The standard InChI is InChI=1S/C9H12ClN3O2S/c10-8-9(12-3-2-11-8)13-5-7-1-4-16(14,15)6-7/h2-3,7H,1,4-6H2,(H,12,13). The van der Waals surface area contributed by atoms with Gasteiger partial charge in [-0.2, -0.15) is 0 Å². The number of hydrogen-bond donors (Lipinski definition) is 1. The predicted molar refractivity (Wildman–Crippen MR) is 62.3 cm³/mol. The minimum atomic E-state index is -2.82. The van der Waals surface area contributed by atoms with E-state index in [1.54, 1.807) is 6.20 Å². The first-order valence-corrected chi connectivity index (χ1v) is 7.17. The highest BCUT2D eigenvalue weighted by atomic mass is 35.5. The molecule has 0 radical (unpaired) electrons. The molecule has 1 fully saturated rings. The summed E-state index contributed by atoms with van der Waals surface area (Å²) in [6.07, 6.45) is 3.75. The van der Waals surface area contributed by atoms with E-state index in [1.807, 2.05) is 0 Å². The zero-order chi connectivity index (χ0) is 11.6. The molecule has 88 valence electrons. The lowest BCUT2D eigenvalue weighted by Gasteiger charge is -2.10. The molecule has 1 atom stereocenters. The van der Waals surface area contributed by atoms with E-state index in [2.05, 4.69) is 15.3 Å². The Morgan fingerprint density at radius 1 is 1.44 bits per heavy atom. The highest BCUT2D eigenvalue weighted by molar-refractivity contribution is 7.91. The van der Waals surface area contributed by atoms with Gasteiger partial charge in [0.15, 0.2) is 20.8 Å². The summed E-state index contributed by atoms with van der Waals surface area (Å²) in [5, 5.41) is 3.33. The van der Waals surface area contributed by atoms with Crippen molar-refractivity contribution in [3.63, 3.8) is 0 Å². The summed E-state index contributed by atoms with van der Waals surface area (Å²) in [7, 11) is -2.82. The van der Waals surface area contributed by atoms with Crippen LogP contribution in [0, 0.1) is 5.92 Å². The maximum Gasteiger partial charge on any atom is 0.171 e. The molecule has 0 aliphatic carbocycles. The van der Waals surface area contributed by atoms with Crippen molar-refractivity contribution in [1.82, 2.24) is 9.97 Å². The summed E-state index contributed by atoms with van der Waals surface area (Å²) in [6.45, 7) is 0.567. The smallest absolute Gasteiger partial charge is 0.171 e. The first kappa shape index (κ1) is 11.6. The fourth-order valence-electron chi connectivity index (χ4n) is 1.71. The zero-order valence-electron chi connectivity index (χ0n) is 8.56. The number of hydrogen-bond acceptors (Lipinski definition) is 5. The van der Waals surface area contributed by atoms with Gasteiger partial charge in [0.1, 0.15) is 0 Å². The summed E-state index contributed by atoms with van der Waals surface area (Å²) in [4.78, 5) is 7.90. The highest BCUT2D eigenvalue weighted by Crippen LogP contribution is 2.20. The minimum Gasteiger partial charge on any atom is -0.367 e. The molecule has 1 aromatic rings. The molecule has 1 unspecified atom stereocenters. The second-order valence-electron chi connectivity index (χ2n) is 3.85. The van der Waals surface area contributed by atoms with Crippen LogP contribution in [0.3, 0.4) is 0 Å². The van der Waals surface area contributed by atoms with Crippen LogP contribution >= 0.6 is 11.6 Å². The average molecular weight is 262 g/mol. The van der Waals surface area contributed by atoms with Crippen molar-refractivity contribution in [1.29, 1.82) is 0 Å². The Bertz CT molecular complexity index is 477. The number of sulfone groups is 1. The van der Waals surface area contributed by atoms with Crippen molar-refractivity contribution in [2.75, 3.05) is 23.4 Å². The van der Waals surface area contributed by atoms with Crippen molar-refractivity contribution in [3.05, 3.63) is 17.5 Å². The molecular weight excluding hydrogens is 250 g/mol. The normalized spacial score (nSPS) is 23.2. The highest BCUT2D eigenvalue weighted by Gasteiger charge is 2.27. The largest absolute Gasteiger partial charge is 0.367 e. The maximum absolute atomic E-state index is 11.2. The molecular formula is C9H12ClN3O2S. The molecule has 1 aliphatic rings. The Labute approximate surface area is 99.2 Å². The average Bonchev–Trinajstić information content (AvgIpc) is 2.57. The maximum atomic E-state index is 11.2. The summed E-state index contributed by atoms with van der Waals surface area (Å²) >= 11 is 5.81. The van der Waals surface area contributed by atoms with Crippen LogP contribution in [0.25, 0.3) is 0 Å². The van der Waals surface area contributed by atoms with Crippen molar-refractivity contribution in [2.45, 2.75) is 6.42 Å². The molecule has 0 amide bonds. The monoisotopic (exact) mass is 261 g/mol. The lowest BCUT2D eigenvalue weighted by Crippen LogP contribution is -2.16. The van der Waals surface area contributed by atoms with Gasteiger partial charge in [0, 0.05) is 18.9 Å². The summed E-state index contributed by atoms with van der Waals surface area (Å²) < 4.78 is 22.5. The topological polar surface area (TPSA) is 72.0 Å². The van der Waals surface area contributed by atoms with Crippen LogP contribution in [0.15, 0.2) is 12.4 Å². The zero-order valence-corrected chi connectivity index (χ0v) is 10.1. The number of rotatable bonds is 3. The molecule has 7 heteroatoms. The van der Waals surface area contributed by atoms with Crippen LogP contribution in [-0.2, 0) is 9.84 Å². The van der Waals surface area contributed by atoms with Crippen molar-refractivity contribution >= 4 is 27.3 Å². The first-order valence-electron chi connectivity index (χ1n) is 4.97. The third-order valence-electron chi connectivity index (χ3n) is 2.54. The van der Waals surface area contributed by atoms with Crippen LogP contribution in [0.5, 0.6) is 0 Å². The molecule has 16 heavy (non-hydrogen) atoms. The van der Waals surface area contributed by atoms with Gasteiger partial charge in [-0.25, -0.2) is 18.4 Å². The molecule has 1 saturated heterocycles. The first-order chi connectivity index (χ1) is 7.57. The second kappa shape index (κ2) is 4.55. The van der Waals surface area contributed by atoms with E-state index in [0.717, 1.165) is 0 Å². The third kappa shape index (κ3) is 2.82. The molecule has 0 bridgehead atoms. The lowest BCUT2D eigenvalue weighted by molar-refractivity contribution is 0.595. The fraction of sp³-hybridized carbons (Fsp3) is 0.556. The molecule has 5 nitrogen and oxygen atoms in total. The Hall–Kier alpha value is -0.880. The van der Waals surface area contributed by atoms with Crippen LogP contribution in [0.1, 0.15) is 6.42 Å². The van der Waals surface area contributed by atoms with E-state index in [9.17, 15) is 8.42 Å². The van der Waals surface area contributed by atoms with E-state index in [1.165, 1.54) is 6.20 Å². The van der Waals surface area contributed by atoms with Crippen LogP contribution < -0.4 is 5.32 Å². The molecule has 1 aromatic heterocycles. The Kier molecular flexibility index (Phi) is 3.30. The van der Waals surface area contributed by atoms with E-state index in [-0.39, 0.29) is 17.4 Å². The lowest BCUT2D eigenvalue weighted by atomic mass is 10.1. The molecule has 0 saturated carbocycles. The van der Waals surface area contributed by atoms with E-state index in [0.29, 0.717) is 23.9 Å². The Morgan fingerprint density at radius 2 is 2.19 bits per heavy atom. The summed E-state index contributed by atoms with van der Waals surface area (Å²) in [5.41, 5.74) is 0. The Morgan fingerprint density at radius 3 is 2.81 bits per heavy atom. The van der Waals surface area contributed by atoms with E-state index < -0.39 is 9.84 Å². The van der Waals surface area contributed by atoms with Crippen LogP contribution in [0.2, 0.25) is 5.15 Å². The van der Waals surface area contributed by atoms with Crippen molar-refractivity contribution in [3.8, 4) is 0 Å². The quantitative estimate of drug-likeness (QED) is 0.878. The number of anilines is 1. The van der Waals surface area contributed by atoms with Gasteiger partial charge in [-0.1, -0.05) is 11.6 Å². The van der Waals surface area contributed by atoms with Gasteiger partial charge in [0.2, 0.25) is 0 Å². The van der Waals surface area contributed by atoms with Crippen LogP contribution in [-0.4, -0.2) is 36.4 Å². The van der Waals surface area contributed by atoms with Gasteiger partial charge < -0.3 is 5.32 Å². The van der Waals surface area contributed by atoms with Gasteiger partial charge in [-0.3, -0.25) is 0 Å². The molecule has 0 spiro atoms. The summed E-state index contributed by atoms with van der Waals surface area (Å²) in [6, 6.07) is 0. The number of nitrogens with zero attached hydrogens (tertiary/aromatic N) is 2. The van der Waals surface area contributed by atoms with Gasteiger partial charge >= 0.3 is 0 Å². The fourth-order valence-corrected chi connectivity index (χ4v) is 3.75. The van der Waals surface area contributed by atoms with Crippen LogP contribution in [0.4, 0.5) is 5.82 Å². The second-order valence-corrected chi connectivity index (χ2v) is 6.43. The van der Waals surface area contributed by atoms with Gasteiger partial charge in [-0.15, -0.1) is 0 Å². The van der Waals surface area contributed by atoms with Crippen molar-refractivity contribution < 1.29 is 8.42 Å². The van der Waals surface area contributed by atoms with Gasteiger partial charge in [-0.05, 0) is 12.3 Å². The van der Waals surface area contributed by atoms with Gasteiger partial charge in [0.25, 0.3) is 0 Å². The third-order valence-corrected chi connectivity index (χ3v) is 4.65. The summed E-state index contributed by atoms with van der Waals surface area (Å²) in [5.74, 6) is 1.18. The van der Waals surface area contributed by atoms with E-state index >= 15 is 0 Å². The SMILES string of the molecule is O=S1(=O)CCC(CNc2nccnc2Cl)C1. The number of halogens is 1. The molecule has 0 aromatic carbocycles. The predicted octanol–water partition coefficient (Wildman–Crippen LogP) is 0.977. The van der Waals surface area contributed by atoms with Gasteiger partial charge in [0.05, 0.1) is 11.5 Å². The molecule has 1 aliphatic heterocycles. The molecule has 1 N–H and O–H groups in total.